The number of benzene rings is 1. The summed E-state index contributed by atoms with van der Waals surface area (Å²) in [6.07, 6.45) is 15.4. The van der Waals surface area contributed by atoms with Crippen molar-refractivity contribution in [1.29, 1.82) is 0 Å². The third-order valence-electron chi connectivity index (χ3n) is 4.85. The van der Waals surface area contributed by atoms with Crippen molar-refractivity contribution in [3.63, 3.8) is 0 Å². The fraction of sp³-hybridized carbons (Fsp3) is 0.667. The molecule has 2 N–H and O–H groups in total. The van der Waals surface area contributed by atoms with E-state index in [2.05, 4.69) is 12.1 Å². The molecule has 0 unspecified atom stereocenters. The second kappa shape index (κ2) is 12.0. The molecule has 0 amide bonds. The van der Waals surface area contributed by atoms with Gasteiger partial charge < -0.3 is 5.73 Å². The molecule has 0 spiro atoms. The molecular formula is C21H33INO-. The first-order valence-corrected chi connectivity index (χ1v) is 12.4. The van der Waals surface area contributed by atoms with Gasteiger partial charge in [0.2, 0.25) is 0 Å². The standard InChI is InChI=1S/C21H33INO/c23-17-10-8-6-4-2-1-3-5-7-9-16-22-20-13-11-12-19-18(20)14-15-21(19)24/h11-13H,1-10,14-17,23H2/q-1. The molecule has 0 heterocycles. The van der Waals surface area contributed by atoms with Crippen molar-refractivity contribution in [2.24, 2.45) is 5.73 Å². The number of hydrogen-bond donors (Lipinski definition) is 1. The van der Waals surface area contributed by atoms with Gasteiger partial charge in [0.15, 0.2) is 0 Å². The number of fused-ring (bicyclic) bond motifs is 1. The zero-order valence-corrected chi connectivity index (χ0v) is 17.2. The predicted molar refractivity (Wildman–Crippen MR) is 97.9 cm³/mol. The summed E-state index contributed by atoms with van der Waals surface area (Å²) in [4.78, 5) is 11.8. The van der Waals surface area contributed by atoms with Gasteiger partial charge in [-0.2, -0.15) is 0 Å². The Bertz CT molecular complexity index is 501. The molecule has 0 aliphatic heterocycles. The molecule has 0 bridgehead atoms. The van der Waals surface area contributed by atoms with E-state index in [0.29, 0.717) is 5.78 Å². The maximum atomic E-state index is 11.8. The summed E-state index contributed by atoms with van der Waals surface area (Å²) >= 11 is 0.102. The Morgan fingerprint density at radius 3 is 2.12 bits per heavy atom. The van der Waals surface area contributed by atoms with E-state index >= 15 is 0 Å². The van der Waals surface area contributed by atoms with Crippen LogP contribution in [-0.2, 0) is 6.42 Å². The Morgan fingerprint density at radius 1 is 0.833 bits per heavy atom. The van der Waals surface area contributed by atoms with Crippen LogP contribution in [0.15, 0.2) is 18.2 Å². The topological polar surface area (TPSA) is 43.1 Å². The van der Waals surface area contributed by atoms with Gasteiger partial charge in [-0.15, -0.1) is 0 Å². The van der Waals surface area contributed by atoms with Crippen LogP contribution in [0.25, 0.3) is 0 Å². The van der Waals surface area contributed by atoms with E-state index < -0.39 is 0 Å². The number of hydrogen-bond acceptors (Lipinski definition) is 2. The van der Waals surface area contributed by atoms with Crippen molar-refractivity contribution in [3.8, 4) is 0 Å². The van der Waals surface area contributed by atoms with Gasteiger partial charge in [0.1, 0.15) is 0 Å². The van der Waals surface area contributed by atoms with Crippen LogP contribution >= 0.6 is 0 Å². The van der Waals surface area contributed by atoms with Crippen molar-refractivity contribution < 1.29 is 26.0 Å². The summed E-state index contributed by atoms with van der Waals surface area (Å²) in [5.74, 6) is 0.360. The van der Waals surface area contributed by atoms with Crippen LogP contribution in [0.4, 0.5) is 0 Å². The number of carbonyl (C=O) groups excluding carboxylic acids is 1. The molecule has 0 radical (unpaired) electrons. The summed E-state index contributed by atoms with van der Waals surface area (Å²) in [5.41, 5.74) is 7.93. The minimum atomic E-state index is 0.102. The monoisotopic (exact) mass is 442 g/mol. The van der Waals surface area contributed by atoms with Crippen LogP contribution in [0.5, 0.6) is 0 Å². The molecule has 1 aliphatic rings. The Kier molecular flexibility index (Phi) is 9.96. The van der Waals surface area contributed by atoms with Crippen molar-refractivity contribution in [2.75, 3.05) is 11.0 Å². The molecule has 0 aromatic heterocycles. The molecule has 24 heavy (non-hydrogen) atoms. The van der Waals surface area contributed by atoms with Crippen LogP contribution in [0.1, 0.15) is 86.6 Å². The maximum absolute atomic E-state index is 11.8. The van der Waals surface area contributed by atoms with E-state index in [1.165, 1.54) is 77.8 Å². The average molecular weight is 442 g/mol. The molecular weight excluding hydrogens is 409 g/mol. The fourth-order valence-corrected chi connectivity index (χ4v) is 6.38. The quantitative estimate of drug-likeness (QED) is 0.288. The summed E-state index contributed by atoms with van der Waals surface area (Å²) in [7, 11) is 0. The van der Waals surface area contributed by atoms with Gasteiger partial charge in [-0.3, -0.25) is 0 Å². The van der Waals surface area contributed by atoms with E-state index in [1.807, 2.05) is 6.07 Å². The van der Waals surface area contributed by atoms with E-state index in [0.717, 1.165) is 24.9 Å². The van der Waals surface area contributed by atoms with E-state index in [-0.39, 0.29) is 21.2 Å². The van der Waals surface area contributed by atoms with Gasteiger partial charge >= 0.3 is 153 Å². The van der Waals surface area contributed by atoms with E-state index in [4.69, 9.17) is 5.73 Å². The van der Waals surface area contributed by atoms with Gasteiger partial charge in [-0.05, 0) is 0 Å². The normalized spacial score (nSPS) is 13.6. The first-order valence-electron chi connectivity index (χ1n) is 9.77. The summed E-state index contributed by atoms with van der Waals surface area (Å²) < 4.78 is 2.91. The minimum absolute atomic E-state index is 0.102. The van der Waals surface area contributed by atoms with Crippen LogP contribution < -0.4 is 26.9 Å². The predicted octanol–water partition coefficient (Wildman–Crippen LogP) is 1.93. The number of halogens is 1. The van der Waals surface area contributed by atoms with Crippen LogP contribution in [-0.4, -0.2) is 16.8 Å². The first kappa shape index (κ1) is 19.9. The van der Waals surface area contributed by atoms with Crippen LogP contribution in [0.2, 0.25) is 0 Å². The molecule has 0 atom stereocenters. The summed E-state index contributed by atoms with van der Waals surface area (Å²) in [6, 6.07) is 6.38. The summed E-state index contributed by atoms with van der Waals surface area (Å²) in [6.45, 7) is 0.852. The Morgan fingerprint density at radius 2 is 1.46 bits per heavy atom. The number of rotatable bonds is 13. The molecule has 1 aliphatic carbocycles. The van der Waals surface area contributed by atoms with Crippen molar-refractivity contribution in [1.82, 2.24) is 0 Å². The number of alkyl halides is 1. The van der Waals surface area contributed by atoms with E-state index in [9.17, 15) is 4.79 Å². The molecule has 2 nitrogen and oxygen atoms in total. The first-order chi connectivity index (χ1) is 11.8. The van der Waals surface area contributed by atoms with Gasteiger partial charge in [0, 0.05) is 0 Å². The molecule has 0 saturated heterocycles. The molecule has 0 fully saturated rings. The molecule has 2 rings (SSSR count). The Hall–Kier alpha value is -0.420. The van der Waals surface area contributed by atoms with Gasteiger partial charge in [0.05, 0.1) is 0 Å². The average Bonchev–Trinajstić information content (AvgIpc) is 2.98. The van der Waals surface area contributed by atoms with Crippen molar-refractivity contribution >= 4 is 5.78 Å². The van der Waals surface area contributed by atoms with Gasteiger partial charge in [-0.25, -0.2) is 0 Å². The van der Waals surface area contributed by atoms with Crippen LogP contribution in [0, 0.1) is 3.57 Å². The number of unbranched alkanes of at least 4 members (excludes halogenated alkanes) is 9. The number of Topliss-reactive ketones (excluding diaryl/α,β-unsaturated/α-hetero) is 1. The number of nitrogens with two attached hydrogens (primary N) is 1. The number of carbonyl (C=O) groups is 1. The molecule has 3 heteroatoms. The molecule has 0 saturated carbocycles. The third-order valence-corrected chi connectivity index (χ3v) is 7.98. The Balaban J connectivity index is 1.47. The van der Waals surface area contributed by atoms with Gasteiger partial charge in [-0.1, -0.05) is 0 Å². The molecule has 1 aromatic carbocycles. The third kappa shape index (κ3) is 6.83. The van der Waals surface area contributed by atoms with Crippen LogP contribution in [0.3, 0.4) is 0 Å². The summed E-state index contributed by atoms with van der Waals surface area (Å²) in [5, 5.41) is 0. The number of ketones is 1. The van der Waals surface area contributed by atoms with Gasteiger partial charge in [0.25, 0.3) is 0 Å². The zero-order chi connectivity index (χ0) is 17.0. The van der Waals surface area contributed by atoms with Crippen molar-refractivity contribution in [2.45, 2.75) is 77.0 Å². The second-order valence-corrected chi connectivity index (χ2v) is 9.84. The molecule has 136 valence electrons. The van der Waals surface area contributed by atoms with E-state index in [1.54, 1.807) is 0 Å². The molecule has 1 aromatic rings. The second-order valence-electron chi connectivity index (χ2n) is 6.84. The fourth-order valence-electron chi connectivity index (χ4n) is 3.39. The Labute approximate surface area is 158 Å². The van der Waals surface area contributed by atoms with Crippen molar-refractivity contribution in [3.05, 3.63) is 32.9 Å². The SMILES string of the molecule is NCCCCCCCCCCCC[I-]c1cccc2c1CCC2=O. The zero-order valence-electron chi connectivity index (χ0n) is 15.0.